The van der Waals surface area contributed by atoms with E-state index in [4.69, 9.17) is 0 Å². The van der Waals surface area contributed by atoms with E-state index in [-0.39, 0.29) is 17.9 Å². The molecular weight excluding hydrogens is 1060 g/mol. The fourth-order valence-electron chi connectivity index (χ4n) is 2.03. The van der Waals surface area contributed by atoms with Gasteiger partial charge in [-0.3, -0.25) is 0 Å². The summed E-state index contributed by atoms with van der Waals surface area (Å²) in [7, 11) is 0. The van der Waals surface area contributed by atoms with Crippen LogP contribution in [0.3, 0.4) is 0 Å². The van der Waals surface area contributed by atoms with Gasteiger partial charge in [-0.2, -0.15) is 0 Å². The van der Waals surface area contributed by atoms with Gasteiger partial charge in [-0.05, 0) is 127 Å². The quantitative estimate of drug-likeness (QED) is 0.183. The number of aromatic carboxylic acids is 4. The topological polar surface area (TPSA) is 271 Å². The van der Waals surface area contributed by atoms with E-state index in [9.17, 15) is 39.6 Å². The monoisotopic (exact) mass is 1080 g/mol. The molecule has 0 saturated carbocycles. The van der Waals surface area contributed by atoms with Crippen molar-refractivity contribution in [2.45, 2.75) is 0 Å². The van der Waals surface area contributed by atoms with E-state index < -0.39 is 46.1 Å². The minimum Gasteiger partial charge on any atom is -0.545 e. The first-order valence-electron chi connectivity index (χ1n) is 10.1. The first-order valence-corrected chi connectivity index (χ1v) is 16.5. The lowest BCUT2D eigenvalue weighted by Gasteiger charge is -2.18. The fraction of sp³-hybridized carbons (Fsp3) is 0.200. The summed E-state index contributed by atoms with van der Waals surface area (Å²) in [6.07, 6.45) is 0. The number of carbonyl (C=O) groups is 4. The highest BCUT2D eigenvalue weighted by molar-refractivity contribution is 9.15. The molecule has 12 N–H and O–H groups in total. The van der Waals surface area contributed by atoms with Gasteiger partial charge in [-0.25, -0.2) is 0 Å². The summed E-state index contributed by atoms with van der Waals surface area (Å²) >= 11 is 24.3. The summed E-state index contributed by atoms with van der Waals surface area (Å²) in [6.45, 7) is 3.83. The Morgan fingerprint density at radius 2 is 0.500 bits per heavy atom. The van der Waals surface area contributed by atoms with Crippen LogP contribution in [0.2, 0.25) is 0 Å². The first kappa shape index (κ1) is 42.1. The van der Waals surface area contributed by atoms with Crippen molar-refractivity contribution in [2.75, 3.05) is 26.2 Å². The molecule has 0 spiro atoms. The van der Waals surface area contributed by atoms with Crippen molar-refractivity contribution >= 4 is 151 Å². The van der Waals surface area contributed by atoms with Crippen LogP contribution in [-0.2, 0) is 0 Å². The van der Waals surface area contributed by atoms with Crippen molar-refractivity contribution in [3.05, 3.63) is 58.0 Å². The lowest BCUT2D eigenvalue weighted by atomic mass is 10.1. The van der Waals surface area contributed by atoms with E-state index in [2.05, 4.69) is 150 Å². The minimum absolute atomic E-state index is 0.0711. The molecule has 40 heavy (non-hydrogen) atoms. The van der Waals surface area contributed by atoms with Crippen LogP contribution in [0.4, 0.5) is 0 Å². The van der Waals surface area contributed by atoms with Gasteiger partial charge in [0.1, 0.15) is 26.2 Å². The summed E-state index contributed by atoms with van der Waals surface area (Å²) in [5.41, 5.74) is 12.2. The predicted molar refractivity (Wildman–Crippen MR) is 163 cm³/mol. The van der Waals surface area contributed by atoms with Gasteiger partial charge in [0, 0.05) is 58.0 Å². The van der Waals surface area contributed by atoms with Gasteiger partial charge in [0.25, 0.3) is 0 Å². The third-order valence-electron chi connectivity index (χ3n) is 3.85. The van der Waals surface area contributed by atoms with Crippen LogP contribution in [0.1, 0.15) is 41.4 Å². The maximum atomic E-state index is 10.9. The van der Waals surface area contributed by atoms with Crippen LogP contribution in [0.25, 0.3) is 0 Å². The van der Waals surface area contributed by atoms with Gasteiger partial charge in [-0.15, -0.1) is 0 Å². The van der Waals surface area contributed by atoms with Crippen LogP contribution < -0.4 is 43.4 Å². The SMILES string of the molecule is O=C([O-])c1c(Br)c(Br)c(Br)c(Br)c1C(=O)[O-].O=C([O-])c1c(Br)c(Br)c(Br)c(Br)c1C(=O)[O-].[NH3+]CC[NH3+].[NH3+]CC[NH3+]. The highest BCUT2D eigenvalue weighted by atomic mass is 79.9. The molecule has 0 unspecified atom stereocenters. The van der Waals surface area contributed by atoms with Gasteiger partial charge < -0.3 is 62.5 Å². The number of hydrogen-bond donors (Lipinski definition) is 4. The number of halogens is 8. The molecule has 12 nitrogen and oxygen atoms in total. The molecule has 0 aliphatic heterocycles. The summed E-state index contributed by atoms with van der Waals surface area (Å²) in [6, 6.07) is 0. The second-order valence-electron chi connectivity index (χ2n) is 6.58. The minimum atomic E-state index is -1.61. The van der Waals surface area contributed by atoms with Crippen molar-refractivity contribution in [3.8, 4) is 0 Å². The Labute approximate surface area is 295 Å². The van der Waals surface area contributed by atoms with E-state index in [1.54, 1.807) is 0 Å². The van der Waals surface area contributed by atoms with Crippen LogP contribution in [0, 0.1) is 0 Å². The number of hydrogen-bond acceptors (Lipinski definition) is 8. The Bertz CT molecular complexity index is 1070. The van der Waals surface area contributed by atoms with E-state index >= 15 is 0 Å². The van der Waals surface area contributed by atoms with Crippen LogP contribution in [0.5, 0.6) is 0 Å². The molecule has 0 heterocycles. The zero-order valence-electron chi connectivity index (χ0n) is 19.9. The smallest absolute Gasteiger partial charge is 0.124 e. The highest BCUT2D eigenvalue weighted by Crippen LogP contribution is 2.42. The van der Waals surface area contributed by atoms with Crippen molar-refractivity contribution in [1.29, 1.82) is 0 Å². The summed E-state index contributed by atoms with van der Waals surface area (Å²) < 4.78 is 1.74. The number of quaternary nitrogens is 4. The standard InChI is InChI=1S/2C8H2Br4O4.2C2H8N2/c2*9-3-1(7(13)14)2(8(15)16)4(10)6(12)5(3)11;2*3-1-2-4/h2*(H,13,14)(H,15,16);2*1-4H2. The number of carbonyl (C=O) groups excluding carboxylic acids is 4. The molecule has 2 aromatic rings. The Morgan fingerprint density at radius 3 is 0.575 bits per heavy atom. The molecule has 0 saturated heterocycles. The number of benzene rings is 2. The van der Waals surface area contributed by atoms with Gasteiger partial charge in [0.15, 0.2) is 0 Å². The maximum Gasteiger partial charge on any atom is 0.124 e. The molecule has 0 aliphatic carbocycles. The third-order valence-corrected chi connectivity index (χ3v) is 13.4. The van der Waals surface area contributed by atoms with Gasteiger partial charge >= 0.3 is 0 Å². The largest absolute Gasteiger partial charge is 0.545 e. The third kappa shape index (κ3) is 11.9. The van der Waals surface area contributed by atoms with E-state index in [1.807, 2.05) is 0 Å². The Morgan fingerprint density at radius 1 is 0.375 bits per heavy atom. The van der Waals surface area contributed by atoms with Crippen LogP contribution in [0.15, 0.2) is 35.8 Å². The lowest BCUT2D eigenvalue weighted by Crippen LogP contribution is -2.64. The number of carboxylic acids is 4. The van der Waals surface area contributed by atoms with Gasteiger partial charge in [0.05, 0.1) is 23.9 Å². The van der Waals surface area contributed by atoms with Gasteiger partial charge in [0.2, 0.25) is 0 Å². The molecule has 0 aromatic heterocycles. The lowest BCUT2D eigenvalue weighted by molar-refractivity contribution is -0.453. The van der Waals surface area contributed by atoms with Crippen LogP contribution in [-0.4, -0.2) is 50.1 Å². The number of carboxylic acid groups (broad SMARTS) is 4. The van der Waals surface area contributed by atoms with Crippen molar-refractivity contribution in [1.82, 2.24) is 0 Å². The molecule has 2 aromatic carbocycles. The van der Waals surface area contributed by atoms with E-state index in [0.29, 0.717) is 17.9 Å². The number of rotatable bonds is 6. The second-order valence-corrected chi connectivity index (χ2v) is 12.9. The Hall–Kier alpha value is -0.000000000000000319. The Balaban J connectivity index is 0. The molecule has 2 rings (SSSR count). The molecule has 20 heteroatoms. The molecular formula is C20H20Br8N4O8. The molecule has 0 radical (unpaired) electrons. The predicted octanol–water partition coefficient (Wildman–Crippen LogP) is -2.13. The van der Waals surface area contributed by atoms with Crippen molar-refractivity contribution in [2.24, 2.45) is 0 Å². The van der Waals surface area contributed by atoms with E-state index in [0.717, 1.165) is 26.2 Å². The molecule has 224 valence electrons. The average molecular weight is 1080 g/mol. The zero-order valence-corrected chi connectivity index (χ0v) is 32.6. The normalized spacial score (nSPS) is 9.70. The average Bonchev–Trinajstić information content (AvgIpc) is 2.89. The zero-order chi connectivity index (χ0) is 32.1. The Kier molecular flexibility index (Phi) is 21.9. The first-order chi connectivity index (χ1) is 18.4. The molecule has 0 bridgehead atoms. The summed E-state index contributed by atoms with van der Waals surface area (Å²) in [5.74, 6) is -6.44. The summed E-state index contributed by atoms with van der Waals surface area (Å²) in [5, 5.41) is 43.5. The van der Waals surface area contributed by atoms with Gasteiger partial charge in [-0.1, -0.05) is 0 Å². The molecule has 0 aliphatic rings. The molecule has 0 amide bonds. The second kappa shape index (κ2) is 20.8. The maximum absolute atomic E-state index is 10.9. The van der Waals surface area contributed by atoms with Crippen LogP contribution >= 0.6 is 127 Å². The highest BCUT2D eigenvalue weighted by Gasteiger charge is 2.21. The molecule has 0 atom stereocenters. The van der Waals surface area contributed by atoms with Crippen molar-refractivity contribution < 1.29 is 62.5 Å². The van der Waals surface area contributed by atoms with E-state index in [1.165, 1.54) is 0 Å². The molecule has 0 fully saturated rings. The van der Waals surface area contributed by atoms with Crippen molar-refractivity contribution in [3.63, 3.8) is 0 Å². The summed E-state index contributed by atoms with van der Waals surface area (Å²) in [4.78, 5) is 43.5. The fourth-order valence-corrected chi connectivity index (χ4v) is 6.91.